The normalized spacial score (nSPS) is 19.0. The summed E-state index contributed by atoms with van der Waals surface area (Å²) < 4.78 is 37.3. The highest BCUT2D eigenvalue weighted by Gasteiger charge is 2.25. The van der Waals surface area contributed by atoms with Crippen molar-refractivity contribution in [3.63, 3.8) is 0 Å². The second kappa shape index (κ2) is 7.79. The summed E-state index contributed by atoms with van der Waals surface area (Å²) in [5, 5.41) is 4.46. The second-order valence-corrected chi connectivity index (χ2v) is 8.53. The van der Waals surface area contributed by atoms with Gasteiger partial charge < -0.3 is 5.73 Å². The van der Waals surface area contributed by atoms with Crippen LogP contribution in [0.2, 0.25) is 5.15 Å². The lowest BCUT2D eigenvalue weighted by atomic mass is 10.1. The second-order valence-electron chi connectivity index (χ2n) is 6.19. The van der Waals surface area contributed by atoms with Gasteiger partial charge in [0.25, 0.3) is 0 Å². The Morgan fingerprint density at radius 1 is 1.44 bits per heavy atom. The minimum Gasteiger partial charge on any atom is -0.367 e. The van der Waals surface area contributed by atoms with Crippen LogP contribution in [0.5, 0.6) is 0 Å². The predicted molar refractivity (Wildman–Crippen MR) is 94.8 cm³/mol. The zero-order valence-corrected chi connectivity index (χ0v) is 15.9. The molecule has 25 heavy (non-hydrogen) atoms. The van der Waals surface area contributed by atoms with Crippen molar-refractivity contribution in [3.05, 3.63) is 17.2 Å². The van der Waals surface area contributed by atoms with Crippen molar-refractivity contribution in [1.29, 1.82) is 0 Å². The SMILES string of the molecule is CC(C)c1nc(Cl)c2cnc(N)nn12.CS(=O)(=O)N1CCCC(F)C1. The molecule has 0 bridgehead atoms. The number of aromatic nitrogens is 4. The van der Waals surface area contributed by atoms with Crippen LogP contribution in [0, 0.1) is 0 Å². The Morgan fingerprint density at radius 3 is 2.64 bits per heavy atom. The fourth-order valence-corrected chi connectivity index (χ4v) is 3.56. The van der Waals surface area contributed by atoms with Gasteiger partial charge in [-0.3, -0.25) is 0 Å². The number of rotatable bonds is 2. The summed E-state index contributed by atoms with van der Waals surface area (Å²) in [6, 6.07) is 0. The van der Waals surface area contributed by atoms with E-state index in [0.717, 1.165) is 12.1 Å². The molecule has 0 aliphatic carbocycles. The van der Waals surface area contributed by atoms with Gasteiger partial charge in [0.05, 0.1) is 12.5 Å². The van der Waals surface area contributed by atoms with E-state index in [1.54, 1.807) is 10.7 Å². The molecule has 1 fully saturated rings. The average Bonchev–Trinajstić information content (AvgIpc) is 2.84. The van der Waals surface area contributed by atoms with Crippen LogP contribution in [0.25, 0.3) is 5.52 Å². The first kappa shape index (κ1) is 19.8. The van der Waals surface area contributed by atoms with E-state index in [9.17, 15) is 12.8 Å². The smallest absolute Gasteiger partial charge is 0.238 e. The number of sulfonamides is 1. The van der Waals surface area contributed by atoms with Crippen LogP contribution in [-0.4, -0.2) is 57.8 Å². The molecule has 8 nitrogen and oxygen atoms in total. The van der Waals surface area contributed by atoms with Crippen molar-refractivity contribution in [2.75, 3.05) is 25.1 Å². The molecule has 1 unspecified atom stereocenters. The van der Waals surface area contributed by atoms with Crippen molar-refractivity contribution >= 4 is 33.1 Å². The number of piperidine rings is 1. The van der Waals surface area contributed by atoms with Crippen LogP contribution >= 0.6 is 11.6 Å². The lowest BCUT2D eigenvalue weighted by Crippen LogP contribution is -2.39. The molecule has 0 amide bonds. The van der Waals surface area contributed by atoms with Crippen molar-refractivity contribution in [2.45, 2.75) is 38.8 Å². The van der Waals surface area contributed by atoms with E-state index in [1.807, 2.05) is 13.8 Å². The molecule has 2 N–H and O–H groups in total. The van der Waals surface area contributed by atoms with Crippen molar-refractivity contribution < 1.29 is 12.8 Å². The van der Waals surface area contributed by atoms with Crippen molar-refractivity contribution in [3.8, 4) is 0 Å². The van der Waals surface area contributed by atoms with E-state index >= 15 is 0 Å². The monoisotopic (exact) mass is 392 g/mol. The lowest BCUT2D eigenvalue weighted by molar-refractivity contribution is 0.203. The summed E-state index contributed by atoms with van der Waals surface area (Å²) in [6.07, 6.45) is 2.84. The quantitative estimate of drug-likeness (QED) is 0.835. The Hall–Kier alpha value is -1.52. The fraction of sp³-hybridized carbons (Fsp3) is 0.643. The number of nitrogens with zero attached hydrogens (tertiary/aromatic N) is 5. The van der Waals surface area contributed by atoms with Crippen LogP contribution in [-0.2, 0) is 10.0 Å². The van der Waals surface area contributed by atoms with Gasteiger partial charge in [0.1, 0.15) is 17.5 Å². The molecule has 3 heterocycles. The first-order chi connectivity index (χ1) is 11.6. The topological polar surface area (TPSA) is 106 Å². The summed E-state index contributed by atoms with van der Waals surface area (Å²) in [6.45, 7) is 4.55. The molecule has 1 aliphatic heterocycles. The number of nitrogens with two attached hydrogens (primary N) is 1. The molecular weight excluding hydrogens is 371 g/mol. The maximum atomic E-state index is 12.7. The Bertz CT molecular complexity index is 841. The Morgan fingerprint density at radius 2 is 2.12 bits per heavy atom. The molecule has 0 saturated carbocycles. The third-order valence-corrected chi connectivity index (χ3v) is 5.25. The number of hydrogen-bond acceptors (Lipinski definition) is 6. The zero-order chi connectivity index (χ0) is 18.8. The van der Waals surface area contributed by atoms with E-state index in [1.165, 1.54) is 4.31 Å². The highest BCUT2D eigenvalue weighted by Crippen LogP contribution is 2.21. The standard InChI is InChI=1S/C8H10ClN5.C6H12FNO2S/c1-4(2)7-12-6(9)5-3-11-8(10)13-14(5)7;1-11(9,10)8-4-2-3-6(7)5-8/h3-4H,1-2H3,(H2,10,13);6H,2-5H2,1H3. The fourth-order valence-electron chi connectivity index (χ4n) is 2.45. The maximum absolute atomic E-state index is 12.7. The van der Waals surface area contributed by atoms with Gasteiger partial charge in [-0.15, -0.1) is 5.10 Å². The number of imidazole rings is 1. The molecule has 1 saturated heterocycles. The minimum atomic E-state index is -3.17. The minimum absolute atomic E-state index is 0.0405. The van der Waals surface area contributed by atoms with Gasteiger partial charge in [-0.1, -0.05) is 25.4 Å². The molecule has 3 rings (SSSR count). The van der Waals surface area contributed by atoms with Gasteiger partial charge in [-0.2, -0.15) is 4.31 Å². The van der Waals surface area contributed by atoms with Gasteiger partial charge >= 0.3 is 0 Å². The van der Waals surface area contributed by atoms with Crippen molar-refractivity contribution in [1.82, 2.24) is 23.9 Å². The summed E-state index contributed by atoms with van der Waals surface area (Å²) in [7, 11) is -3.17. The summed E-state index contributed by atoms with van der Waals surface area (Å²) in [5.74, 6) is 1.25. The molecule has 0 radical (unpaired) electrons. The van der Waals surface area contributed by atoms with Crippen molar-refractivity contribution in [2.24, 2.45) is 0 Å². The van der Waals surface area contributed by atoms with Gasteiger partial charge in [0.15, 0.2) is 5.15 Å². The largest absolute Gasteiger partial charge is 0.367 e. The van der Waals surface area contributed by atoms with Gasteiger partial charge in [-0.05, 0) is 12.8 Å². The summed E-state index contributed by atoms with van der Waals surface area (Å²) in [5.41, 5.74) is 6.17. The highest BCUT2D eigenvalue weighted by atomic mass is 35.5. The van der Waals surface area contributed by atoms with Crippen LogP contribution < -0.4 is 5.73 Å². The maximum Gasteiger partial charge on any atom is 0.238 e. The molecule has 140 valence electrons. The number of anilines is 1. The number of fused-ring (bicyclic) bond motifs is 1. The zero-order valence-electron chi connectivity index (χ0n) is 14.4. The first-order valence-electron chi connectivity index (χ1n) is 7.85. The average molecular weight is 393 g/mol. The first-order valence-corrected chi connectivity index (χ1v) is 10.1. The third-order valence-electron chi connectivity index (χ3n) is 3.70. The number of nitrogen functional groups attached to an aromatic ring is 1. The lowest BCUT2D eigenvalue weighted by Gasteiger charge is -2.26. The molecule has 2 aromatic rings. The number of alkyl halides is 1. The van der Waals surface area contributed by atoms with E-state index in [4.69, 9.17) is 17.3 Å². The molecule has 0 aromatic carbocycles. The molecule has 0 spiro atoms. The van der Waals surface area contributed by atoms with Crippen LogP contribution in [0.4, 0.5) is 10.3 Å². The van der Waals surface area contributed by atoms with Gasteiger partial charge in [-0.25, -0.2) is 27.3 Å². The number of hydrogen-bond donors (Lipinski definition) is 1. The summed E-state index contributed by atoms with van der Waals surface area (Å²) >= 11 is 5.92. The van der Waals surface area contributed by atoms with Gasteiger partial charge in [0, 0.05) is 19.0 Å². The molecule has 1 aliphatic rings. The molecular formula is C14H22ClFN6O2S. The molecule has 1 atom stereocenters. The van der Waals surface area contributed by atoms with Gasteiger partial charge in [0.2, 0.25) is 16.0 Å². The Kier molecular flexibility index (Phi) is 6.17. The third kappa shape index (κ3) is 4.99. The van der Waals surface area contributed by atoms with E-state index in [0.29, 0.717) is 30.1 Å². The number of halogens is 2. The molecule has 11 heteroatoms. The van der Waals surface area contributed by atoms with Crippen LogP contribution in [0.3, 0.4) is 0 Å². The highest BCUT2D eigenvalue weighted by molar-refractivity contribution is 7.88. The van der Waals surface area contributed by atoms with E-state index in [-0.39, 0.29) is 18.4 Å². The Labute approximate surface area is 151 Å². The van der Waals surface area contributed by atoms with Crippen LogP contribution in [0.15, 0.2) is 6.20 Å². The predicted octanol–water partition coefficient (Wildman–Crippen LogP) is 1.86. The summed E-state index contributed by atoms with van der Waals surface area (Å²) in [4.78, 5) is 8.06. The Balaban J connectivity index is 0.000000186. The van der Waals surface area contributed by atoms with Crippen LogP contribution in [0.1, 0.15) is 38.4 Å². The van der Waals surface area contributed by atoms with E-state index in [2.05, 4.69) is 15.1 Å². The van der Waals surface area contributed by atoms with E-state index < -0.39 is 16.2 Å². The molecule has 2 aromatic heterocycles.